The smallest absolute Gasteiger partial charge is 0.305 e. The molecule has 0 radical (unpaired) electrons. The minimum absolute atomic E-state index is 0.00738. The van der Waals surface area contributed by atoms with Gasteiger partial charge in [-0.15, -0.1) is 0 Å². The third kappa shape index (κ3) is 1.57. The number of ether oxygens (including phenoxy) is 2. The van der Waals surface area contributed by atoms with Gasteiger partial charge < -0.3 is 9.47 Å². The SMILES string of the molecule is CCC(=O)OC1CC2CC1C1C3CC(OC)C(C3)C21. The Labute approximate surface area is 115 Å². The van der Waals surface area contributed by atoms with E-state index in [1.807, 2.05) is 14.0 Å². The Morgan fingerprint density at radius 3 is 2.16 bits per heavy atom. The van der Waals surface area contributed by atoms with Gasteiger partial charge in [0, 0.05) is 13.5 Å². The topological polar surface area (TPSA) is 35.5 Å². The standard InChI is InChI=1S/C16H24O3/c1-3-14(17)19-13-7-9-5-11(13)16-8-4-10(15(9)16)12(6-8)18-2/h8-13,15-16H,3-7H2,1-2H3. The third-order valence-electron chi connectivity index (χ3n) is 6.57. The first-order valence-corrected chi connectivity index (χ1v) is 7.95. The van der Waals surface area contributed by atoms with Gasteiger partial charge in [-0.2, -0.15) is 0 Å². The Bertz CT molecular complexity index is 393. The number of esters is 1. The number of hydrogen-bond acceptors (Lipinski definition) is 3. The summed E-state index contributed by atoms with van der Waals surface area (Å²) in [6, 6.07) is 0. The highest BCUT2D eigenvalue weighted by Crippen LogP contribution is 2.68. The highest BCUT2D eigenvalue weighted by molar-refractivity contribution is 5.69. The van der Waals surface area contributed by atoms with E-state index >= 15 is 0 Å². The molecule has 0 amide bonds. The molecule has 0 aromatic heterocycles. The minimum atomic E-state index is -0.00738. The van der Waals surface area contributed by atoms with Crippen LogP contribution in [0.3, 0.4) is 0 Å². The molecule has 0 aromatic carbocycles. The van der Waals surface area contributed by atoms with Crippen LogP contribution in [-0.4, -0.2) is 25.3 Å². The fourth-order valence-corrected chi connectivity index (χ4v) is 6.14. The molecule has 0 aromatic rings. The monoisotopic (exact) mass is 264 g/mol. The van der Waals surface area contributed by atoms with Crippen LogP contribution in [0.15, 0.2) is 0 Å². The number of carbonyl (C=O) groups is 1. The van der Waals surface area contributed by atoms with E-state index in [0.717, 1.165) is 36.0 Å². The Kier molecular flexibility index (Phi) is 2.70. The average Bonchev–Trinajstić information content (AvgIpc) is 3.14. The van der Waals surface area contributed by atoms with Crippen LogP contribution in [0.25, 0.3) is 0 Å². The van der Waals surface area contributed by atoms with Gasteiger partial charge in [-0.05, 0) is 61.2 Å². The third-order valence-corrected chi connectivity index (χ3v) is 6.57. The van der Waals surface area contributed by atoms with Crippen molar-refractivity contribution in [3.63, 3.8) is 0 Å². The van der Waals surface area contributed by atoms with Crippen LogP contribution in [0.1, 0.15) is 39.0 Å². The molecular weight excluding hydrogens is 240 g/mol. The van der Waals surface area contributed by atoms with Crippen LogP contribution in [0, 0.1) is 35.5 Å². The van der Waals surface area contributed by atoms with E-state index in [9.17, 15) is 4.79 Å². The summed E-state index contributed by atoms with van der Waals surface area (Å²) in [5.41, 5.74) is 0. The van der Waals surface area contributed by atoms with Crippen molar-refractivity contribution in [3.05, 3.63) is 0 Å². The summed E-state index contributed by atoms with van der Waals surface area (Å²) in [4.78, 5) is 11.6. The summed E-state index contributed by atoms with van der Waals surface area (Å²) in [6.07, 6.45) is 6.31. The predicted octanol–water partition coefficient (Wildman–Crippen LogP) is 2.64. The number of rotatable bonds is 3. The Morgan fingerprint density at radius 1 is 1.00 bits per heavy atom. The molecule has 0 aliphatic heterocycles. The number of methoxy groups -OCH3 is 1. The van der Waals surface area contributed by atoms with Crippen LogP contribution >= 0.6 is 0 Å². The van der Waals surface area contributed by atoms with Gasteiger partial charge in [0.15, 0.2) is 0 Å². The summed E-state index contributed by atoms with van der Waals surface area (Å²) >= 11 is 0. The molecule has 4 aliphatic rings. The van der Waals surface area contributed by atoms with Crippen LogP contribution in [0.4, 0.5) is 0 Å². The molecule has 3 heteroatoms. The molecular formula is C16H24O3. The first-order chi connectivity index (χ1) is 9.22. The van der Waals surface area contributed by atoms with Gasteiger partial charge in [-0.1, -0.05) is 6.92 Å². The molecule has 0 N–H and O–H groups in total. The molecule has 3 nitrogen and oxygen atoms in total. The van der Waals surface area contributed by atoms with E-state index < -0.39 is 0 Å². The zero-order chi connectivity index (χ0) is 13.1. The van der Waals surface area contributed by atoms with Gasteiger partial charge in [-0.25, -0.2) is 0 Å². The fraction of sp³-hybridized carbons (Fsp3) is 0.938. The molecule has 8 atom stereocenters. The second-order valence-corrected chi connectivity index (χ2v) is 7.10. The Balaban J connectivity index is 1.51. The largest absolute Gasteiger partial charge is 0.462 e. The van der Waals surface area contributed by atoms with Crippen molar-refractivity contribution in [1.29, 1.82) is 0 Å². The van der Waals surface area contributed by atoms with Crippen LogP contribution in [0.2, 0.25) is 0 Å². The summed E-state index contributed by atoms with van der Waals surface area (Å²) in [7, 11) is 1.87. The van der Waals surface area contributed by atoms with Crippen molar-refractivity contribution in [2.75, 3.05) is 7.11 Å². The van der Waals surface area contributed by atoms with Crippen molar-refractivity contribution in [2.45, 2.75) is 51.2 Å². The van der Waals surface area contributed by atoms with Crippen molar-refractivity contribution in [3.8, 4) is 0 Å². The molecule has 4 fully saturated rings. The molecule has 4 rings (SSSR count). The van der Waals surface area contributed by atoms with Crippen molar-refractivity contribution >= 4 is 5.97 Å². The predicted molar refractivity (Wildman–Crippen MR) is 70.4 cm³/mol. The molecule has 8 unspecified atom stereocenters. The van der Waals surface area contributed by atoms with Crippen LogP contribution in [-0.2, 0) is 14.3 Å². The Hall–Kier alpha value is -0.570. The maximum absolute atomic E-state index is 11.6. The van der Waals surface area contributed by atoms with Gasteiger partial charge in [-0.3, -0.25) is 4.79 Å². The summed E-state index contributed by atoms with van der Waals surface area (Å²) in [5, 5.41) is 0. The van der Waals surface area contributed by atoms with Crippen molar-refractivity contribution < 1.29 is 14.3 Å². The quantitative estimate of drug-likeness (QED) is 0.580. The zero-order valence-corrected chi connectivity index (χ0v) is 11.9. The maximum Gasteiger partial charge on any atom is 0.305 e. The Morgan fingerprint density at radius 2 is 1.58 bits per heavy atom. The fourth-order valence-electron chi connectivity index (χ4n) is 6.14. The second-order valence-electron chi connectivity index (χ2n) is 7.10. The lowest BCUT2D eigenvalue weighted by atomic mass is 9.69. The van der Waals surface area contributed by atoms with E-state index in [0.29, 0.717) is 18.4 Å². The van der Waals surface area contributed by atoms with E-state index in [1.165, 1.54) is 19.3 Å². The van der Waals surface area contributed by atoms with Gasteiger partial charge in [0.05, 0.1) is 6.10 Å². The van der Waals surface area contributed by atoms with E-state index in [2.05, 4.69) is 0 Å². The van der Waals surface area contributed by atoms with E-state index in [-0.39, 0.29) is 12.1 Å². The number of fused-ring (bicyclic) bond motifs is 9. The first kappa shape index (κ1) is 12.2. The molecule has 0 heterocycles. The maximum atomic E-state index is 11.6. The first-order valence-electron chi connectivity index (χ1n) is 7.95. The molecule has 106 valence electrons. The van der Waals surface area contributed by atoms with Crippen molar-refractivity contribution in [2.24, 2.45) is 35.5 Å². The van der Waals surface area contributed by atoms with Gasteiger partial charge in [0.25, 0.3) is 0 Å². The van der Waals surface area contributed by atoms with Crippen LogP contribution < -0.4 is 0 Å². The molecule has 0 saturated heterocycles. The summed E-state index contributed by atoms with van der Waals surface area (Å²) in [6.45, 7) is 1.89. The lowest BCUT2D eigenvalue weighted by molar-refractivity contribution is -0.154. The zero-order valence-electron chi connectivity index (χ0n) is 11.9. The van der Waals surface area contributed by atoms with Gasteiger partial charge >= 0.3 is 5.97 Å². The van der Waals surface area contributed by atoms with E-state index in [4.69, 9.17) is 9.47 Å². The molecule has 0 spiro atoms. The second kappa shape index (κ2) is 4.21. The lowest BCUT2D eigenvalue weighted by Gasteiger charge is -2.40. The van der Waals surface area contributed by atoms with E-state index in [1.54, 1.807) is 0 Å². The molecule has 4 bridgehead atoms. The normalized spacial score (nSPS) is 53.6. The highest BCUT2D eigenvalue weighted by Gasteiger charge is 2.65. The lowest BCUT2D eigenvalue weighted by Crippen LogP contribution is -2.41. The minimum Gasteiger partial charge on any atom is -0.462 e. The van der Waals surface area contributed by atoms with Gasteiger partial charge in [0.1, 0.15) is 6.10 Å². The average molecular weight is 264 g/mol. The molecule has 19 heavy (non-hydrogen) atoms. The number of carbonyl (C=O) groups excluding carboxylic acids is 1. The summed E-state index contributed by atoms with van der Waals surface area (Å²) in [5.74, 6) is 4.83. The van der Waals surface area contributed by atoms with Gasteiger partial charge in [0.2, 0.25) is 0 Å². The summed E-state index contributed by atoms with van der Waals surface area (Å²) < 4.78 is 11.4. The molecule has 4 aliphatic carbocycles. The van der Waals surface area contributed by atoms with Crippen LogP contribution in [0.5, 0.6) is 0 Å². The van der Waals surface area contributed by atoms with Crippen molar-refractivity contribution in [1.82, 2.24) is 0 Å². The number of hydrogen-bond donors (Lipinski definition) is 0. The highest BCUT2D eigenvalue weighted by atomic mass is 16.5. The molecule has 4 saturated carbocycles.